The molecule has 4 rings (SSSR count). The number of hydrogen-bond donors (Lipinski definition) is 0. The van der Waals surface area contributed by atoms with Gasteiger partial charge in [0.2, 0.25) is 10.0 Å². The van der Waals surface area contributed by atoms with E-state index in [0.29, 0.717) is 26.2 Å². The summed E-state index contributed by atoms with van der Waals surface area (Å²) in [6.07, 6.45) is 0.776. The van der Waals surface area contributed by atoms with Crippen molar-refractivity contribution in [3.05, 3.63) is 75.0 Å². The molecule has 31 heavy (non-hydrogen) atoms. The summed E-state index contributed by atoms with van der Waals surface area (Å²) in [4.78, 5) is 6.89. The van der Waals surface area contributed by atoms with E-state index in [1.165, 1.54) is 33.1 Å². The molecule has 0 spiro atoms. The molecule has 0 aliphatic carbocycles. The molecule has 1 aromatic heterocycles. The Balaban J connectivity index is 1.41. The Kier molecular flexibility index (Phi) is 6.35. The third kappa shape index (κ3) is 4.92. The van der Waals surface area contributed by atoms with E-state index in [0.717, 1.165) is 23.3 Å². The molecule has 0 bridgehead atoms. The second-order valence-electron chi connectivity index (χ2n) is 7.76. The largest absolute Gasteiger partial charge is 0.345 e. The molecule has 1 aliphatic heterocycles. The summed E-state index contributed by atoms with van der Waals surface area (Å²) in [7, 11) is -3.71. The molecule has 0 saturated carbocycles. The summed E-state index contributed by atoms with van der Waals surface area (Å²) in [6.45, 7) is 5.95. The third-order valence-corrected chi connectivity index (χ3v) is 8.38. The number of aryl methyl sites for hydroxylation is 2. The highest BCUT2D eigenvalue weighted by molar-refractivity contribution is 7.89. The fourth-order valence-electron chi connectivity index (χ4n) is 3.81. The van der Waals surface area contributed by atoms with E-state index >= 15 is 0 Å². The fourth-order valence-corrected chi connectivity index (χ4v) is 6.38. The molecule has 0 N–H and O–H groups in total. The van der Waals surface area contributed by atoms with Crippen LogP contribution < -0.4 is 4.90 Å². The highest BCUT2D eigenvalue weighted by atomic mass is 35.5. The van der Waals surface area contributed by atoms with E-state index in [1.807, 2.05) is 0 Å². The van der Waals surface area contributed by atoms with Crippen LogP contribution in [-0.2, 0) is 16.4 Å². The second kappa shape index (κ2) is 8.86. The quantitative estimate of drug-likeness (QED) is 0.534. The van der Waals surface area contributed by atoms with Gasteiger partial charge in [-0.15, -0.1) is 11.3 Å². The molecular weight excluding hydrogens is 457 g/mol. The van der Waals surface area contributed by atoms with Crippen molar-refractivity contribution in [3.63, 3.8) is 0 Å². The Labute approximate surface area is 191 Å². The minimum Gasteiger partial charge on any atom is -0.345 e. The van der Waals surface area contributed by atoms with Gasteiger partial charge in [-0.2, -0.15) is 4.31 Å². The van der Waals surface area contributed by atoms with Crippen molar-refractivity contribution in [2.75, 3.05) is 31.1 Å². The number of nitrogens with zero attached hydrogens (tertiary/aromatic N) is 3. The monoisotopic (exact) mass is 479 g/mol. The Morgan fingerprint density at radius 2 is 1.74 bits per heavy atom. The summed E-state index contributed by atoms with van der Waals surface area (Å²) >= 11 is 7.35. The molecule has 3 aromatic rings. The highest BCUT2D eigenvalue weighted by Gasteiger charge is 2.29. The number of sulfonamides is 1. The van der Waals surface area contributed by atoms with Gasteiger partial charge in [0.05, 0.1) is 15.6 Å². The zero-order chi connectivity index (χ0) is 22.2. The van der Waals surface area contributed by atoms with Gasteiger partial charge >= 0.3 is 0 Å². The zero-order valence-electron chi connectivity index (χ0n) is 17.3. The van der Waals surface area contributed by atoms with E-state index in [4.69, 9.17) is 16.6 Å². The normalized spacial score (nSPS) is 15.4. The molecule has 2 heterocycles. The first-order valence-corrected chi connectivity index (χ1v) is 12.6. The van der Waals surface area contributed by atoms with Crippen LogP contribution in [0.4, 0.5) is 9.52 Å². The number of hydrogen-bond acceptors (Lipinski definition) is 5. The fraction of sp³-hybridized carbons (Fsp3) is 0.318. The number of anilines is 1. The van der Waals surface area contributed by atoms with Gasteiger partial charge in [-0.1, -0.05) is 40.9 Å². The van der Waals surface area contributed by atoms with Crippen LogP contribution in [0.1, 0.15) is 22.4 Å². The molecule has 164 valence electrons. The highest BCUT2D eigenvalue weighted by Crippen LogP contribution is 2.27. The number of benzene rings is 2. The van der Waals surface area contributed by atoms with Crippen LogP contribution >= 0.6 is 22.9 Å². The van der Waals surface area contributed by atoms with Crippen LogP contribution in [-0.4, -0.2) is 43.9 Å². The van der Waals surface area contributed by atoms with Crippen molar-refractivity contribution >= 4 is 38.1 Å². The molecule has 1 saturated heterocycles. The summed E-state index contributed by atoms with van der Waals surface area (Å²) in [5.74, 6) is -0.633. The van der Waals surface area contributed by atoms with Gasteiger partial charge in [-0.3, -0.25) is 0 Å². The second-order valence-corrected chi connectivity index (χ2v) is 10.9. The molecule has 2 aromatic carbocycles. The molecule has 5 nitrogen and oxygen atoms in total. The SMILES string of the molecule is Cc1cc(C)cc(Cc2csc(N3CCN(S(=O)(=O)c4ccc(F)c(Cl)c4)CC3)n2)c1. The lowest BCUT2D eigenvalue weighted by Crippen LogP contribution is -2.48. The summed E-state index contributed by atoms with van der Waals surface area (Å²) < 4.78 is 40.5. The summed E-state index contributed by atoms with van der Waals surface area (Å²) in [6, 6.07) is 10.0. The van der Waals surface area contributed by atoms with Crippen LogP contribution in [0.15, 0.2) is 46.7 Å². The Morgan fingerprint density at radius 1 is 1.06 bits per heavy atom. The van der Waals surface area contributed by atoms with Gasteiger partial charge in [-0.25, -0.2) is 17.8 Å². The molecular formula is C22H23ClFN3O2S2. The number of halogens is 2. The van der Waals surface area contributed by atoms with E-state index in [1.54, 1.807) is 11.3 Å². The van der Waals surface area contributed by atoms with Crippen LogP contribution in [0.2, 0.25) is 5.02 Å². The van der Waals surface area contributed by atoms with Crippen molar-refractivity contribution < 1.29 is 12.8 Å². The number of aromatic nitrogens is 1. The lowest BCUT2D eigenvalue weighted by molar-refractivity contribution is 0.384. The molecule has 9 heteroatoms. The van der Waals surface area contributed by atoms with Gasteiger partial charge in [0, 0.05) is 38.0 Å². The van der Waals surface area contributed by atoms with E-state index in [-0.39, 0.29) is 9.92 Å². The maximum atomic E-state index is 13.4. The zero-order valence-corrected chi connectivity index (χ0v) is 19.7. The van der Waals surface area contributed by atoms with Gasteiger partial charge in [-0.05, 0) is 37.6 Å². The minimum absolute atomic E-state index is 0.0114. The minimum atomic E-state index is -3.71. The predicted octanol–water partition coefficient (Wildman–Crippen LogP) is 4.65. The van der Waals surface area contributed by atoms with Crippen LogP contribution in [0, 0.1) is 19.7 Å². The first-order valence-electron chi connectivity index (χ1n) is 9.94. The lowest BCUT2D eigenvalue weighted by Gasteiger charge is -2.33. The maximum Gasteiger partial charge on any atom is 0.243 e. The van der Waals surface area contributed by atoms with Gasteiger partial charge in [0.1, 0.15) is 5.82 Å². The summed E-state index contributed by atoms with van der Waals surface area (Å²) in [5.41, 5.74) is 4.74. The van der Waals surface area contributed by atoms with E-state index in [2.05, 4.69) is 42.3 Å². The average Bonchev–Trinajstić information content (AvgIpc) is 3.17. The van der Waals surface area contributed by atoms with Crippen molar-refractivity contribution in [2.24, 2.45) is 0 Å². The molecule has 1 aliphatic rings. The molecule has 0 radical (unpaired) electrons. The molecule has 0 unspecified atom stereocenters. The number of piperazine rings is 1. The van der Waals surface area contributed by atoms with Crippen molar-refractivity contribution in [3.8, 4) is 0 Å². The maximum absolute atomic E-state index is 13.4. The number of thiazole rings is 1. The van der Waals surface area contributed by atoms with Gasteiger partial charge < -0.3 is 4.90 Å². The van der Waals surface area contributed by atoms with Crippen LogP contribution in [0.5, 0.6) is 0 Å². The van der Waals surface area contributed by atoms with Crippen molar-refractivity contribution in [1.82, 2.24) is 9.29 Å². The number of rotatable bonds is 5. The summed E-state index contributed by atoms with van der Waals surface area (Å²) in [5, 5.41) is 2.77. The van der Waals surface area contributed by atoms with Gasteiger partial charge in [0.15, 0.2) is 5.13 Å². The lowest BCUT2D eigenvalue weighted by atomic mass is 10.0. The Hall–Kier alpha value is -2.00. The molecule has 0 amide bonds. The van der Waals surface area contributed by atoms with Crippen molar-refractivity contribution in [1.29, 1.82) is 0 Å². The first kappa shape index (κ1) is 22.2. The van der Waals surface area contributed by atoms with Gasteiger partial charge in [0.25, 0.3) is 0 Å². The van der Waals surface area contributed by atoms with Crippen LogP contribution in [0.25, 0.3) is 0 Å². The smallest absolute Gasteiger partial charge is 0.243 e. The average molecular weight is 480 g/mol. The third-order valence-electron chi connectivity index (χ3n) is 5.24. The van der Waals surface area contributed by atoms with E-state index < -0.39 is 15.8 Å². The van der Waals surface area contributed by atoms with Crippen LogP contribution in [0.3, 0.4) is 0 Å². The molecule has 1 fully saturated rings. The predicted molar refractivity (Wildman–Crippen MR) is 123 cm³/mol. The topological polar surface area (TPSA) is 53.5 Å². The van der Waals surface area contributed by atoms with E-state index in [9.17, 15) is 12.8 Å². The Morgan fingerprint density at radius 3 is 2.39 bits per heavy atom. The first-order chi connectivity index (χ1) is 14.7. The molecule has 0 atom stereocenters. The van der Waals surface area contributed by atoms with Crippen molar-refractivity contribution in [2.45, 2.75) is 25.2 Å². The standard InChI is InChI=1S/C22H23ClFN3O2S2/c1-15-9-16(2)11-17(10-15)12-18-14-30-22(25-18)26-5-7-27(8-6-26)31(28,29)19-3-4-21(24)20(23)13-19/h3-4,9-11,13-14H,5-8,12H2,1-2H3. The Bertz CT molecular complexity index is 1180.